The summed E-state index contributed by atoms with van der Waals surface area (Å²) in [6.45, 7) is 0.673. The normalized spacial score (nSPS) is 10.4. The van der Waals surface area contributed by atoms with E-state index >= 15 is 0 Å². The number of anilines is 1. The molecule has 0 aliphatic rings. The molecule has 2 aromatic rings. The first-order valence-corrected chi connectivity index (χ1v) is 7.19. The lowest BCUT2D eigenvalue weighted by Crippen LogP contribution is -2.26. The first-order valence-electron chi connectivity index (χ1n) is 6.25. The highest BCUT2D eigenvalue weighted by molar-refractivity contribution is 7.07. The van der Waals surface area contributed by atoms with Gasteiger partial charge in [-0.3, -0.25) is 4.79 Å². The summed E-state index contributed by atoms with van der Waals surface area (Å²) in [5, 5.41) is 4.09. The number of amides is 1. The second-order valence-electron chi connectivity index (χ2n) is 4.58. The van der Waals surface area contributed by atoms with Crippen LogP contribution in [0.5, 0.6) is 0 Å². The summed E-state index contributed by atoms with van der Waals surface area (Å²) in [4.78, 5) is 13.8. The van der Waals surface area contributed by atoms with Gasteiger partial charge in [0.15, 0.2) is 0 Å². The van der Waals surface area contributed by atoms with Gasteiger partial charge in [-0.15, -0.1) is 0 Å². The summed E-state index contributed by atoms with van der Waals surface area (Å²) in [7, 11) is 1.84. The van der Waals surface area contributed by atoms with Crippen LogP contribution in [0.4, 0.5) is 5.69 Å². The Labute approximate surface area is 117 Å². The Morgan fingerprint density at radius 2 is 2.11 bits per heavy atom. The number of nitrogens with zero attached hydrogens (tertiary/aromatic N) is 1. The zero-order valence-electron chi connectivity index (χ0n) is 11.0. The van der Waals surface area contributed by atoms with Gasteiger partial charge in [0.25, 0.3) is 0 Å². The summed E-state index contributed by atoms with van der Waals surface area (Å²) in [6.07, 6.45) is 1.19. The van der Waals surface area contributed by atoms with Crippen LogP contribution in [0.25, 0.3) is 0 Å². The zero-order valence-corrected chi connectivity index (χ0v) is 11.8. The molecule has 3 nitrogen and oxygen atoms in total. The van der Waals surface area contributed by atoms with Crippen LogP contribution < -0.4 is 5.73 Å². The van der Waals surface area contributed by atoms with Gasteiger partial charge in [0, 0.05) is 25.7 Å². The predicted octanol–water partition coefficient (Wildman–Crippen LogP) is 2.92. The van der Waals surface area contributed by atoms with Gasteiger partial charge in [-0.2, -0.15) is 11.3 Å². The van der Waals surface area contributed by atoms with E-state index in [0.717, 1.165) is 11.3 Å². The van der Waals surface area contributed by atoms with E-state index in [1.54, 1.807) is 16.2 Å². The van der Waals surface area contributed by atoms with Crippen LogP contribution in [-0.2, 0) is 17.8 Å². The molecule has 100 valence electrons. The highest BCUT2D eigenvalue weighted by Crippen LogP contribution is 2.14. The molecule has 0 spiro atoms. The number of benzene rings is 1. The lowest BCUT2D eigenvalue weighted by molar-refractivity contribution is -0.130. The molecule has 4 heteroatoms. The molecule has 0 aliphatic heterocycles. The van der Waals surface area contributed by atoms with Gasteiger partial charge >= 0.3 is 0 Å². The average Bonchev–Trinajstić information content (AvgIpc) is 2.90. The van der Waals surface area contributed by atoms with Crippen molar-refractivity contribution in [2.75, 3.05) is 12.8 Å². The van der Waals surface area contributed by atoms with Crippen molar-refractivity contribution in [3.8, 4) is 0 Å². The number of nitrogens with two attached hydrogens (primary N) is 1. The summed E-state index contributed by atoms with van der Waals surface area (Å²) >= 11 is 1.65. The molecule has 0 radical (unpaired) electrons. The number of carbonyl (C=O) groups is 1. The van der Waals surface area contributed by atoms with Gasteiger partial charge < -0.3 is 10.6 Å². The van der Waals surface area contributed by atoms with Gasteiger partial charge in [-0.1, -0.05) is 18.2 Å². The third-order valence-corrected chi connectivity index (χ3v) is 3.82. The van der Waals surface area contributed by atoms with Crippen LogP contribution in [-0.4, -0.2) is 17.9 Å². The van der Waals surface area contributed by atoms with Crippen LogP contribution >= 0.6 is 11.3 Å². The van der Waals surface area contributed by atoms with Gasteiger partial charge in [-0.25, -0.2) is 0 Å². The van der Waals surface area contributed by atoms with E-state index in [1.165, 1.54) is 5.56 Å². The fraction of sp³-hybridized carbons (Fsp3) is 0.267. The number of carbonyl (C=O) groups excluding carboxylic acids is 1. The minimum atomic E-state index is 0.148. The molecule has 0 saturated heterocycles. The number of hydrogen-bond donors (Lipinski definition) is 1. The summed E-state index contributed by atoms with van der Waals surface area (Å²) in [5.41, 5.74) is 8.85. The van der Waals surface area contributed by atoms with Gasteiger partial charge in [0.2, 0.25) is 5.91 Å². The fourth-order valence-electron chi connectivity index (χ4n) is 1.94. The van der Waals surface area contributed by atoms with Crippen molar-refractivity contribution in [3.05, 3.63) is 52.2 Å². The van der Waals surface area contributed by atoms with Crippen LogP contribution in [0.15, 0.2) is 41.1 Å². The Balaban J connectivity index is 1.86. The van der Waals surface area contributed by atoms with E-state index in [9.17, 15) is 4.79 Å². The van der Waals surface area contributed by atoms with Crippen molar-refractivity contribution >= 4 is 22.9 Å². The van der Waals surface area contributed by atoms with Crippen LogP contribution in [0.3, 0.4) is 0 Å². The molecule has 0 aliphatic carbocycles. The first-order chi connectivity index (χ1) is 9.16. The lowest BCUT2D eigenvalue weighted by Gasteiger charge is -2.16. The Morgan fingerprint density at radius 3 is 2.79 bits per heavy atom. The highest BCUT2D eigenvalue weighted by Gasteiger charge is 2.10. The van der Waals surface area contributed by atoms with Crippen LogP contribution in [0.2, 0.25) is 0 Å². The smallest absolute Gasteiger partial charge is 0.222 e. The second-order valence-corrected chi connectivity index (χ2v) is 5.36. The fourth-order valence-corrected chi connectivity index (χ4v) is 2.60. The van der Waals surface area contributed by atoms with E-state index in [1.807, 2.05) is 42.8 Å². The van der Waals surface area contributed by atoms with Crippen molar-refractivity contribution in [1.82, 2.24) is 4.90 Å². The molecule has 1 amide bonds. The molecule has 0 unspecified atom stereocenters. The maximum absolute atomic E-state index is 12.0. The van der Waals surface area contributed by atoms with Crippen molar-refractivity contribution < 1.29 is 4.79 Å². The summed E-state index contributed by atoms with van der Waals surface area (Å²) in [5.74, 6) is 0.148. The minimum Gasteiger partial charge on any atom is -0.399 e. The molecule has 1 aromatic heterocycles. The quantitative estimate of drug-likeness (QED) is 0.852. The molecular weight excluding hydrogens is 256 g/mol. The maximum Gasteiger partial charge on any atom is 0.222 e. The number of nitrogen functional groups attached to an aromatic ring is 1. The van der Waals surface area contributed by atoms with Crippen molar-refractivity contribution in [2.45, 2.75) is 19.4 Å². The van der Waals surface area contributed by atoms with E-state index in [4.69, 9.17) is 5.73 Å². The molecule has 0 atom stereocenters. The Hall–Kier alpha value is -1.81. The standard InChI is InChI=1S/C15H18N2OS/c1-17(10-12-8-9-19-11-12)15(18)7-6-13-4-2-3-5-14(13)16/h2-5,8-9,11H,6-7,10,16H2,1H3. The Morgan fingerprint density at radius 1 is 1.32 bits per heavy atom. The molecule has 1 aromatic carbocycles. The SMILES string of the molecule is CN(Cc1ccsc1)C(=O)CCc1ccccc1N. The predicted molar refractivity (Wildman–Crippen MR) is 80.0 cm³/mol. The molecule has 1 heterocycles. The topological polar surface area (TPSA) is 46.3 Å². The molecule has 0 bridgehead atoms. The average molecular weight is 274 g/mol. The molecule has 0 saturated carbocycles. The van der Waals surface area contributed by atoms with Crippen molar-refractivity contribution in [2.24, 2.45) is 0 Å². The number of aryl methyl sites for hydroxylation is 1. The molecular formula is C15H18N2OS. The zero-order chi connectivity index (χ0) is 13.7. The van der Waals surface area contributed by atoms with E-state index in [2.05, 4.69) is 5.38 Å². The van der Waals surface area contributed by atoms with Crippen molar-refractivity contribution in [1.29, 1.82) is 0 Å². The summed E-state index contributed by atoms with van der Waals surface area (Å²) in [6, 6.07) is 9.74. The third kappa shape index (κ3) is 3.83. The number of hydrogen-bond acceptors (Lipinski definition) is 3. The number of thiophene rings is 1. The highest BCUT2D eigenvalue weighted by atomic mass is 32.1. The Bertz CT molecular complexity index is 537. The largest absolute Gasteiger partial charge is 0.399 e. The second kappa shape index (κ2) is 6.38. The van der Waals surface area contributed by atoms with E-state index in [-0.39, 0.29) is 5.91 Å². The van der Waals surface area contributed by atoms with Gasteiger partial charge in [0.1, 0.15) is 0 Å². The van der Waals surface area contributed by atoms with Crippen LogP contribution in [0.1, 0.15) is 17.5 Å². The lowest BCUT2D eigenvalue weighted by atomic mass is 10.1. The van der Waals surface area contributed by atoms with Crippen molar-refractivity contribution in [3.63, 3.8) is 0 Å². The minimum absolute atomic E-state index is 0.148. The van der Waals surface area contributed by atoms with Gasteiger partial charge in [0.05, 0.1) is 0 Å². The molecule has 2 rings (SSSR count). The Kier molecular flexibility index (Phi) is 4.58. The maximum atomic E-state index is 12.0. The molecule has 0 fully saturated rings. The number of rotatable bonds is 5. The summed E-state index contributed by atoms with van der Waals surface area (Å²) < 4.78 is 0. The van der Waals surface area contributed by atoms with E-state index in [0.29, 0.717) is 19.4 Å². The monoisotopic (exact) mass is 274 g/mol. The first kappa shape index (κ1) is 13.6. The third-order valence-electron chi connectivity index (χ3n) is 3.09. The van der Waals surface area contributed by atoms with Gasteiger partial charge in [-0.05, 0) is 40.4 Å². The molecule has 19 heavy (non-hydrogen) atoms. The van der Waals surface area contributed by atoms with Crippen LogP contribution in [0, 0.1) is 0 Å². The van der Waals surface area contributed by atoms with E-state index < -0.39 is 0 Å². The molecule has 2 N–H and O–H groups in total. The number of para-hydroxylation sites is 1.